The van der Waals surface area contributed by atoms with Gasteiger partial charge in [0, 0.05) is 6.42 Å². The Morgan fingerprint density at radius 2 is 2.10 bits per heavy atom. The summed E-state index contributed by atoms with van der Waals surface area (Å²) in [6, 6.07) is 3.09. The Bertz CT molecular complexity index is 636. The van der Waals surface area contributed by atoms with Crippen LogP contribution in [0.25, 0.3) is 0 Å². The van der Waals surface area contributed by atoms with E-state index in [1.807, 2.05) is 0 Å². The van der Waals surface area contributed by atoms with Gasteiger partial charge in [0.15, 0.2) is 5.75 Å². The molecule has 2 rings (SSSR count). The van der Waals surface area contributed by atoms with E-state index in [0.29, 0.717) is 23.6 Å². The molecule has 3 N–H and O–H groups in total. The van der Waals surface area contributed by atoms with Gasteiger partial charge in [0.2, 0.25) is 15.9 Å². The number of nitrogens with two attached hydrogens (primary N) is 1. The standard InChI is InChI=1S/C13H18N2O4S/c1-8-5-10(15-12(16)7-9-3-4-9)13(19-2)11(6-8)20(14,17)18/h5-6,9H,3-4,7H2,1-2H3,(H,15,16)(H2,14,17,18). The monoisotopic (exact) mass is 298 g/mol. The number of ether oxygens (including phenoxy) is 1. The third-order valence-electron chi connectivity index (χ3n) is 3.15. The number of hydrogen-bond donors (Lipinski definition) is 2. The van der Waals surface area contributed by atoms with Crippen molar-refractivity contribution in [3.8, 4) is 5.75 Å². The van der Waals surface area contributed by atoms with Crippen LogP contribution in [0, 0.1) is 12.8 Å². The van der Waals surface area contributed by atoms with E-state index in [0.717, 1.165) is 12.8 Å². The van der Waals surface area contributed by atoms with Crippen molar-refractivity contribution in [3.63, 3.8) is 0 Å². The number of sulfonamides is 1. The smallest absolute Gasteiger partial charge is 0.241 e. The van der Waals surface area contributed by atoms with Crippen LogP contribution in [0.5, 0.6) is 5.75 Å². The molecule has 6 nitrogen and oxygen atoms in total. The molecule has 110 valence electrons. The van der Waals surface area contributed by atoms with E-state index in [4.69, 9.17) is 9.88 Å². The van der Waals surface area contributed by atoms with Crippen molar-refractivity contribution in [2.45, 2.75) is 31.1 Å². The second kappa shape index (κ2) is 5.41. The van der Waals surface area contributed by atoms with Gasteiger partial charge in [0.25, 0.3) is 0 Å². The molecule has 1 aromatic carbocycles. The molecule has 1 saturated carbocycles. The molecular weight excluding hydrogens is 280 g/mol. The second-order valence-electron chi connectivity index (χ2n) is 5.08. The van der Waals surface area contributed by atoms with E-state index in [-0.39, 0.29) is 16.6 Å². The lowest BCUT2D eigenvalue weighted by Crippen LogP contribution is -2.17. The highest BCUT2D eigenvalue weighted by atomic mass is 32.2. The predicted molar refractivity (Wildman–Crippen MR) is 75.1 cm³/mol. The van der Waals surface area contributed by atoms with Crippen LogP contribution in [-0.2, 0) is 14.8 Å². The van der Waals surface area contributed by atoms with Crippen LogP contribution in [0.4, 0.5) is 5.69 Å². The number of benzene rings is 1. The number of hydrogen-bond acceptors (Lipinski definition) is 4. The van der Waals surface area contributed by atoms with E-state index >= 15 is 0 Å². The SMILES string of the molecule is COc1c(NC(=O)CC2CC2)cc(C)cc1S(N)(=O)=O. The summed E-state index contributed by atoms with van der Waals surface area (Å²) in [5.74, 6) is 0.377. The van der Waals surface area contributed by atoms with Crippen LogP contribution in [0.3, 0.4) is 0 Å². The zero-order valence-corrected chi connectivity index (χ0v) is 12.3. The van der Waals surface area contributed by atoms with Gasteiger partial charge in [0.05, 0.1) is 12.8 Å². The quantitative estimate of drug-likeness (QED) is 0.858. The number of amides is 1. The van der Waals surface area contributed by atoms with Crippen LogP contribution >= 0.6 is 0 Å². The van der Waals surface area contributed by atoms with E-state index in [1.54, 1.807) is 13.0 Å². The summed E-state index contributed by atoms with van der Waals surface area (Å²) in [5, 5.41) is 7.87. The Balaban J connectivity index is 2.35. The maximum atomic E-state index is 11.9. The highest BCUT2D eigenvalue weighted by molar-refractivity contribution is 7.89. The molecule has 0 aliphatic heterocycles. The number of rotatable bonds is 5. The molecule has 0 atom stereocenters. The highest BCUT2D eigenvalue weighted by Gasteiger charge is 2.26. The lowest BCUT2D eigenvalue weighted by Gasteiger charge is -2.14. The van der Waals surface area contributed by atoms with Crippen molar-refractivity contribution < 1.29 is 17.9 Å². The maximum absolute atomic E-state index is 11.9. The lowest BCUT2D eigenvalue weighted by molar-refractivity contribution is -0.116. The zero-order valence-electron chi connectivity index (χ0n) is 11.5. The first-order chi connectivity index (χ1) is 9.31. The Hall–Kier alpha value is -1.60. The molecule has 20 heavy (non-hydrogen) atoms. The van der Waals surface area contributed by atoms with Gasteiger partial charge in [-0.05, 0) is 43.4 Å². The van der Waals surface area contributed by atoms with Gasteiger partial charge in [-0.2, -0.15) is 0 Å². The van der Waals surface area contributed by atoms with Gasteiger partial charge in [-0.15, -0.1) is 0 Å². The van der Waals surface area contributed by atoms with Crippen molar-refractivity contribution in [2.75, 3.05) is 12.4 Å². The molecule has 1 aliphatic rings. The number of anilines is 1. The molecule has 1 aromatic rings. The fraction of sp³-hybridized carbons (Fsp3) is 0.462. The number of carbonyl (C=O) groups is 1. The molecule has 1 fully saturated rings. The second-order valence-corrected chi connectivity index (χ2v) is 6.61. The Kier molecular flexibility index (Phi) is 4.01. The molecule has 1 aliphatic carbocycles. The summed E-state index contributed by atoms with van der Waals surface area (Å²) in [4.78, 5) is 11.7. The first-order valence-corrected chi connectivity index (χ1v) is 7.87. The molecule has 0 radical (unpaired) electrons. The van der Waals surface area contributed by atoms with Gasteiger partial charge in [-0.1, -0.05) is 0 Å². The fourth-order valence-electron chi connectivity index (χ4n) is 2.04. The summed E-state index contributed by atoms with van der Waals surface area (Å²) in [5.41, 5.74) is 1.01. The van der Waals surface area contributed by atoms with E-state index in [2.05, 4.69) is 5.32 Å². The van der Waals surface area contributed by atoms with Crippen LogP contribution < -0.4 is 15.2 Å². The van der Waals surface area contributed by atoms with E-state index in [9.17, 15) is 13.2 Å². The summed E-state index contributed by atoms with van der Waals surface area (Å²) in [7, 11) is -2.57. The van der Waals surface area contributed by atoms with Gasteiger partial charge < -0.3 is 10.1 Å². The zero-order chi connectivity index (χ0) is 14.9. The lowest BCUT2D eigenvalue weighted by atomic mass is 10.2. The number of methoxy groups -OCH3 is 1. The van der Waals surface area contributed by atoms with Crippen molar-refractivity contribution in [3.05, 3.63) is 17.7 Å². The number of aryl methyl sites for hydroxylation is 1. The summed E-state index contributed by atoms with van der Waals surface area (Å²) < 4.78 is 28.3. The van der Waals surface area contributed by atoms with E-state index < -0.39 is 10.0 Å². The van der Waals surface area contributed by atoms with Crippen molar-refractivity contribution in [1.29, 1.82) is 0 Å². The molecule has 0 spiro atoms. The van der Waals surface area contributed by atoms with Crippen LogP contribution in [0.1, 0.15) is 24.8 Å². The first kappa shape index (κ1) is 14.8. The average Bonchev–Trinajstić information content (AvgIpc) is 3.10. The average molecular weight is 298 g/mol. The van der Waals surface area contributed by atoms with Crippen LogP contribution in [-0.4, -0.2) is 21.4 Å². The minimum absolute atomic E-state index is 0.0715. The summed E-state index contributed by atoms with van der Waals surface area (Å²) in [6.07, 6.45) is 2.59. The summed E-state index contributed by atoms with van der Waals surface area (Å²) >= 11 is 0. The fourth-order valence-corrected chi connectivity index (χ4v) is 2.84. The normalized spacial score (nSPS) is 14.9. The molecule has 7 heteroatoms. The topological polar surface area (TPSA) is 98.5 Å². The molecule has 0 aromatic heterocycles. The number of primary sulfonamides is 1. The summed E-state index contributed by atoms with van der Waals surface area (Å²) in [6.45, 7) is 1.73. The van der Waals surface area contributed by atoms with Gasteiger partial charge >= 0.3 is 0 Å². The molecule has 0 unspecified atom stereocenters. The minimum atomic E-state index is -3.91. The molecule has 0 saturated heterocycles. The Labute approximate surface area is 118 Å². The van der Waals surface area contributed by atoms with Crippen molar-refractivity contribution in [2.24, 2.45) is 11.1 Å². The minimum Gasteiger partial charge on any atom is -0.493 e. The first-order valence-electron chi connectivity index (χ1n) is 6.32. The predicted octanol–water partition coefficient (Wildman–Crippen LogP) is 1.39. The van der Waals surface area contributed by atoms with Crippen molar-refractivity contribution in [1.82, 2.24) is 0 Å². The number of nitrogens with one attached hydrogen (secondary N) is 1. The largest absolute Gasteiger partial charge is 0.493 e. The van der Waals surface area contributed by atoms with Gasteiger partial charge in [0.1, 0.15) is 4.90 Å². The van der Waals surface area contributed by atoms with Crippen molar-refractivity contribution >= 4 is 21.6 Å². The van der Waals surface area contributed by atoms with E-state index in [1.165, 1.54) is 13.2 Å². The van der Waals surface area contributed by atoms with Crippen LogP contribution in [0.15, 0.2) is 17.0 Å². The van der Waals surface area contributed by atoms with Gasteiger partial charge in [-0.25, -0.2) is 13.6 Å². The molecule has 0 heterocycles. The Morgan fingerprint density at radius 1 is 1.45 bits per heavy atom. The molecule has 1 amide bonds. The number of carbonyl (C=O) groups excluding carboxylic acids is 1. The van der Waals surface area contributed by atoms with Gasteiger partial charge in [-0.3, -0.25) is 4.79 Å². The molecule has 0 bridgehead atoms. The third-order valence-corrected chi connectivity index (χ3v) is 4.07. The molecular formula is C13H18N2O4S. The maximum Gasteiger partial charge on any atom is 0.241 e. The third kappa shape index (κ3) is 3.49. The Morgan fingerprint density at radius 3 is 2.60 bits per heavy atom. The van der Waals surface area contributed by atoms with Crippen LogP contribution in [0.2, 0.25) is 0 Å². The highest BCUT2D eigenvalue weighted by Crippen LogP contribution is 2.35.